The molecule has 2 aliphatic heterocycles. The van der Waals surface area contributed by atoms with Gasteiger partial charge in [0.1, 0.15) is 23.7 Å². The van der Waals surface area contributed by atoms with Gasteiger partial charge in [0.2, 0.25) is 0 Å². The lowest BCUT2D eigenvalue weighted by Gasteiger charge is -2.14. The summed E-state index contributed by atoms with van der Waals surface area (Å²) in [7, 11) is 0. The molecule has 8 heterocycles. The van der Waals surface area contributed by atoms with E-state index in [1.807, 2.05) is 46.9 Å². The first-order valence-corrected chi connectivity index (χ1v) is 18.1. The zero-order valence-electron chi connectivity index (χ0n) is 28.4. The molecule has 2 N–H and O–H groups in total. The molecule has 13 nitrogen and oxygen atoms in total. The summed E-state index contributed by atoms with van der Waals surface area (Å²) >= 11 is 6.16. The Bertz CT molecular complexity index is 2430. The van der Waals surface area contributed by atoms with Crippen LogP contribution in [0.3, 0.4) is 0 Å². The Morgan fingerprint density at radius 1 is 0.588 bits per heavy atom. The lowest BCUT2D eigenvalue weighted by Crippen LogP contribution is -2.26. The summed E-state index contributed by atoms with van der Waals surface area (Å²) in [5.41, 5.74) is 14.8. The van der Waals surface area contributed by atoms with Gasteiger partial charge in [-0.15, -0.1) is 0 Å². The van der Waals surface area contributed by atoms with Gasteiger partial charge >= 0.3 is 0 Å². The summed E-state index contributed by atoms with van der Waals surface area (Å²) in [4.78, 5) is 40.2. The molecule has 6 aromatic heterocycles. The summed E-state index contributed by atoms with van der Waals surface area (Å²) in [6.45, 7) is 8.08. The summed E-state index contributed by atoms with van der Waals surface area (Å²) < 4.78 is 4.03. The van der Waals surface area contributed by atoms with Crippen LogP contribution in [0.4, 0.5) is 0 Å². The van der Waals surface area contributed by atoms with Crippen LogP contribution in [0.1, 0.15) is 37.8 Å². The van der Waals surface area contributed by atoms with E-state index in [-0.39, 0.29) is 0 Å². The van der Waals surface area contributed by atoms with Crippen molar-refractivity contribution in [1.82, 2.24) is 58.5 Å². The minimum absolute atomic E-state index is 0.355. The molecule has 2 aliphatic rings. The van der Waals surface area contributed by atoms with Crippen molar-refractivity contribution in [2.45, 2.75) is 38.5 Å². The highest BCUT2D eigenvalue weighted by atomic mass is 35.5. The molecule has 0 unspecified atom stereocenters. The number of nitrogens with zero attached hydrogens (tertiary/aromatic N) is 12. The maximum absolute atomic E-state index is 6.16. The minimum Gasteiger partial charge on any atom is -0.329 e. The van der Waals surface area contributed by atoms with E-state index in [0.717, 1.165) is 77.0 Å². The molecule has 0 radical (unpaired) electrons. The molecule has 14 heteroatoms. The fourth-order valence-electron chi connectivity index (χ4n) is 7.13. The van der Waals surface area contributed by atoms with Gasteiger partial charge in [-0.2, -0.15) is 0 Å². The van der Waals surface area contributed by atoms with E-state index < -0.39 is 0 Å². The van der Waals surface area contributed by atoms with Gasteiger partial charge < -0.3 is 15.5 Å². The molecule has 8 aromatic rings. The van der Waals surface area contributed by atoms with Crippen molar-refractivity contribution >= 4 is 67.3 Å². The number of aromatic nitrogens is 10. The second-order valence-corrected chi connectivity index (χ2v) is 13.3. The molecule has 0 spiro atoms. The zero-order chi connectivity index (χ0) is 34.6. The molecule has 2 fully saturated rings. The van der Waals surface area contributed by atoms with E-state index in [0.29, 0.717) is 22.0 Å². The maximum atomic E-state index is 6.16. The number of hydrogen-bond acceptors (Lipinski definition) is 11. The van der Waals surface area contributed by atoms with Crippen LogP contribution >= 0.6 is 11.6 Å². The highest BCUT2D eigenvalue weighted by Crippen LogP contribution is 2.26. The number of nitrogens with two attached hydrogens (primary N) is 1. The highest BCUT2D eigenvalue weighted by molar-refractivity contribution is 6.32. The first-order valence-electron chi connectivity index (χ1n) is 17.7. The number of imidazole rings is 2. The second kappa shape index (κ2) is 15.1. The Balaban J connectivity index is 0.000000125. The Morgan fingerprint density at radius 2 is 1.12 bits per heavy atom. The van der Waals surface area contributed by atoms with Gasteiger partial charge in [-0.25, -0.2) is 39.9 Å². The van der Waals surface area contributed by atoms with E-state index in [1.165, 1.54) is 58.2 Å². The Morgan fingerprint density at radius 3 is 1.73 bits per heavy atom. The molecule has 0 saturated carbocycles. The van der Waals surface area contributed by atoms with Gasteiger partial charge in [0.05, 0.1) is 40.2 Å². The van der Waals surface area contributed by atoms with E-state index in [1.54, 1.807) is 18.7 Å². The maximum Gasteiger partial charge on any atom is 0.177 e. The average Bonchev–Trinajstić information content (AvgIpc) is 3.99. The monoisotopic (exact) mass is 701 g/mol. The molecule has 0 bridgehead atoms. The number of benzene rings is 2. The summed E-state index contributed by atoms with van der Waals surface area (Å²) in [5.74, 6) is 0. The molecule has 10 rings (SSSR count). The van der Waals surface area contributed by atoms with Crippen LogP contribution in [-0.2, 0) is 6.42 Å². The fraction of sp³-hybridized carbons (Fsp3) is 0.351. The SMILES string of the molecule is Clc1nc2cncnc2n2c1nc1ccccc12.NCCN1CCCC1.c1ccc2c(c1)nc1c(CCCN3CCCC3)nc3cncnc3n12. The van der Waals surface area contributed by atoms with Crippen LogP contribution in [0.15, 0.2) is 73.6 Å². The quantitative estimate of drug-likeness (QED) is 0.239. The third kappa shape index (κ3) is 6.89. The van der Waals surface area contributed by atoms with E-state index >= 15 is 0 Å². The smallest absolute Gasteiger partial charge is 0.177 e. The van der Waals surface area contributed by atoms with Crippen LogP contribution in [0.25, 0.3) is 55.7 Å². The van der Waals surface area contributed by atoms with Crippen LogP contribution in [0.5, 0.6) is 0 Å². The number of para-hydroxylation sites is 4. The molecule has 2 aromatic carbocycles. The molecule has 0 amide bonds. The van der Waals surface area contributed by atoms with Crippen LogP contribution < -0.4 is 5.73 Å². The predicted molar refractivity (Wildman–Crippen MR) is 201 cm³/mol. The third-order valence-electron chi connectivity index (χ3n) is 9.54. The fourth-order valence-corrected chi connectivity index (χ4v) is 7.35. The summed E-state index contributed by atoms with van der Waals surface area (Å²) in [6, 6.07) is 16.0. The average molecular weight is 702 g/mol. The lowest BCUT2D eigenvalue weighted by molar-refractivity contribution is 0.333. The molecule has 0 aliphatic carbocycles. The molecule has 0 atom stereocenters. The van der Waals surface area contributed by atoms with E-state index in [2.05, 4.69) is 50.2 Å². The Kier molecular flexibility index (Phi) is 9.84. The van der Waals surface area contributed by atoms with Crippen molar-refractivity contribution in [2.75, 3.05) is 45.8 Å². The van der Waals surface area contributed by atoms with Crippen LogP contribution in [0, 0.1) is 0 Å². The molecular formula is C37H40ClN13. The van der Waals surface area contributed by atoms with Crippen molar-refractivity contribution in [3.05, 3.63) is 84.4 Å². The van der Waals surface area contributed by atoms with Crippen molar-refractivity contribution in [2.24, 2.45) is 5.73 Å². The lowest BCUT2D eigenvalue weighted by atomic mass is 10.2. The number of likely N-dealkylation sites (tertiary alicyclic amines) is 2. The number of fused-ring (bicyclic) bond motifs is 10. The van der Waals surface area contributed by atoms with Gasteiger partial charge in [-0.05, 0) is 95.5 Å². The molecule has 51 heavy (non-hydrogen) atoms. The summed E-state index contributed by atoms with van der Waals surface area (Å²) in [5, 5.41) is 0.355. The topological polar surface area (TPSA) is 144 Å². The Labute approximate surface area is 299 Å². The predicted octanol–water partition coefficient (Wildman–Crippen LogP) is 5.37. The van der Waals surface area contributed by atoms with Gasteiger partial charge in [0.25, 0.3) is 0 Å². The molecule has 260 valence electrons. The van der Waals surface area contributed by atoms with Crippen molar-refractivity contribution < 1.29 is 0 Å². The highest BCUT2D eigenvalue weighted by Gasteiger charge is 2.17. The van der Waals surface area contributed by atoms with E-state index in [9.17, 15) is 0 Å². The van der Waals surface area contributed by atoms with Crippen LogP contribution in [0.2, 0.25) is 5.15 Å². The normalized spacial score (nSPS) is 15.3. The largest absolute Gasteiger partial charge is 0.329 e. The van der Waals surface area contributed by atoms with Crippen molar-refractivity contribution in [1.29, 1.82) is 0 Å². The minimum atomic E-state index is 0.355. The first-order chi connectivity index (χ1) is 25.2. The van der Waals surface area contributed by atoms with E-state index in [4.69, 9.17) is 27.3 Å². The van der Waals surface area contributed by atoms with Crippen molar-refractivity contribution in [3.63, 3.8) is 0 Å². The third-order valence-corrected chi connectivity index (χ3v) is 9.79. The number of aryl methyl sites for hydroxylation is 1. The zero-order valence-corrected chi connectivity index (χ0v) is 29.2. The summed E-state index contributed by atoms with van der Waals surface area (Å²) in [6.07, 6.45) is 13.9. The standard InChI is InChI=1S/C19H20N6.C12H6ClN5.C6H14N2/c1-2-8-17-14(6-1)23-19-15(7-5-11-24-9-3-4-10-24)22-16-12-20-13-21-18(16)25(17)19;13-10-12-17-7-3-1-2-4-9(7)18(12)11-8(16-10)5-14-6-15-11;7-3-6-8-4-1-2-5-8/h1-2,6,8,12-13H,3-5,7,9-11H2;1-6H;1-7H2. The number of halogens is 1. The van der Waals surface area contributed by atoms with Gasteiger partial charge in [0.15, 0.2) is 27.7 Å². The van der Waals surface area contributed by atoms with Crippen molar-refractivity contribution in [3.8, 4) is 0 Å². The first kappa shape index (κ1) is 33.2. The molecule has 2 saturated heterocycles. The van der Waals surface area contributed by atoms with Gasteiger partial charge in [0, 0.05) is 13.1 Å². The van der Waals surface area contributed by atoms with Gasteiger partial charge in [-0.3, -0.25) is 8.80 Å². The van der Waals surface area contributed by atoms with Crippen LogP contribution in [-0.4, -0.2) is 104 Å². The number of rotatable bonds is 6. The number of hydrogen-bond donors (Lipinski definition) is 1. The second-order valence-electron chi connectivity index (χ2n) is 12.9. The van der Waals surface area contributed by atoms with Gasteiger partial charge in [-0.1, -0.05) is 35.9 Å². The molecular weight excluding hydrogens is 662 g/mol. The Hall–Kier alpha value is -4.95.